The minimum Gasteiger partial charge on any atom is -0.456 e. The van der Waals surface area contributed by atoms with Gasteiger partial charge in [0.05, 0.1) is 0 Å². The van der Waals surface area contributed by atoms with Gasteiger partial charge in [-0.05, 0) is 44.5 Å². The molecule has 4 heteroatoms. The number of fused-ring (bicyclic) bond motifs is 3. The lowest BCUT2D eigenvalue weighted by atomic mass is 10.1. The van der Waals surface area contributed by atoms with Gasteiger partial charge in [-0.15, -0.1) is 0 Å². The van der Waals surface area contributed by atoms with Gasteiger partial charge in [-0.3, -0.25) is 0 Å². The van der Waals surface area contributed by atoms with Gasteiger partial charge in [0.15, 0.2) is 0 Å². The first-order valence-electron chi connectivity index (χ1n) is 7.97. The van der Waals surface area contributed by atoms with E-state index in [1.807, 2.05) is 63.3 Å². The molecule has 1 heterocycles. The van der Waals surface area contributed by atoms with Crippen molar-refractivity contribution in [2.24, 2.45) is 0 Å². The van der Waals surface area contributed by atoms with Crippen LogP contribution < -0.4 is 5.32 Å². The van der Waals surface area contributed by atoms with Crippen LogP contribution in [0.4, 0.5) is 4.79 Å². The molecule has 0 fully saturated rings. The van der Waals surface area contributed by atoms with E-state index in [0.717, 1.165) is 27.5 Å². The fourth-order valence-corrected chi connectivity index (χ4v) is 2.50. The summed E-state index contributed by atoms with van der Waals surface area (Å²) in [6.45, 7) is 5.94. The highest BCUT2D eigenvalue weighted by Gasteiger charge is 2.15. The zero-order chi connectivity index (χ0) is 17.2. The summed E-state index contributed by atoms with van der Waals surface area (Å²) < 4.78 is 11.0. The van der Waals surface area contributed by atoms with Crippen LogP contribution in [-0.4, -0.2) is 18.2 Å². The number of alkyl carbamates (subject to hydrolysis) is 1. The van der Waals surface area contributed by atoms with Gasteiger partial charge < -0.3 is 14.5 Å². The third-order valence-corrected chi connectivity index (χ3v) is 3.47. The lowest BCUT2D eigenvalue weighted by molar-refractivity contribution is 0.0534. The van der Waals surface area contributed by atoms with Crippen molar-refractivity contribution in [3.05, 3.63) is 54.1 Å². The second kappa shape index (κ2) is 6.40. The Kier molecular flexibility index (Phi) is 4.30. The number of rotatable bonds is 3. The number of hydrogen-bond acceptors (Lipinski definition) is 3. The molecule has 0 aliphatic rings. The molecule has 124 valence electrons. The van der Waals surface area contributed by atoms with Gasteiger partial charge in [0.25, 0.3) is 0 Å². The van der Waals surface area contributed by atoms with Gasteiger partial charge >= 0.3 is 6.09 Å². The predicted molar refractivity (Wildman–Crippen MR) is 97.0 cm³/mol. The van der Waals surface area contributed by atoms with E-state index in [9.17, 15) is 4.79 Å². The lowest BCUT2D eigenvalue weighted by Crippen LogP contribution is -2.32. The molecule has 0 saturated carbocycles. The molecule has 0 aliphatic heterocycles. The molecule has 1 amide bonds. The molecule has 24 heavy (non-hydrogen) atoms. The third kappa shape index (κ3) is 3.77. The number of benzene rings is 2. The highest BCUT2D eigenvalue weighted by Crippen LogP contribution is 2.29. The summed E-state index contributed by atoms with van der Waals surface area (Å²) in [5.41, 5.74) is 2.33. The van der Waals surface area contributed by atoms with Gasteiger partial charge in [0.1, 0.15) is 16.8 Å². The molecule has 0 atom stereocenters. The van der Waals surface area contributed by atoms with Crippen LogP contribution in [-0.2, 0) is 4.74 Å². The maximum Gasteiger partial charge on any atom is 0.407 e. The average Bonchev–Trinajstić information content (AvgIpc) is 2.88. The maximum atomic E-state index is 11.6. The van der Waals surface area contributed by atoms with Gasteiger partial charge in [0.2, 0.25) is 0 Å². The van der Waals surface area contributed by atoms with Crippen LogP contribution in [0.3, 0.4) is 0 Å². The van der Waals surface area contributed by atoms with E-state index in [1.54, 1.807) is 0 Å². The largest absolute Gasteiger partial charge is 0.456 e. The Hall–Kier alpha value is -2.75. The average molecular weight is 323 g/mol. The Balaban J connectivity index is 1.69. The van der Waals surface area contributed by atoms with E-state index >= 15 is 0 Å². The molecule has 0 saturated heterocycles. The zero-order valence-electron chi connectivity index (χ0n) is 14.1. The maximum absolute atomic E-state index is 11.6. The van der Waals surface area contributed by atoms with Crippen molar-refractivity contribution in [2.75, 3.05) is 6.54 Å². The summed E-state index contributed by atoms with van der Waals surface area (Å²) in [6, 6.07) is 14.0. The Bertz CT molecular complexity index is 900. The molecule has 0 bridgehead atoms. The zero-order valence-corrected chi connectivity index (χ0v) is 14.1. The van der Waals surface area contributed by atoms with Crippen molar-refractivity contribution >= 4 is 34.1 Å². The number of nitrogens with one attached hydrogen (secondary N) is 1. The highest BCUT2D eigenvalue weighted by molar-refractivity contribution is 6.05. The lowest BCUT2D eigenvalue weighted by Gasteiger charge is -2.19. The number of carbonyl (C=O) groups is 1. The van der Waals surface area contributed by atoms with Crippen LogP contribution >= 0.6 is 0 Å². The Labute approximate surface area is 141 Å². The minimum absolute atomic E-state index is 0.413. The van der Waals surface area contributed by atoms with E-state index in [0.29, 0.717) is 6.54 Å². The van der Waals surface area contributed by atoms with Crippen molar-refractivity contribution in [3.8, 4) is 0 Å². The molecule has 1 N–H and O–H groups in total. The molecular weight excluding hydrogens is 302 g/mol. The van der Waals surface area contributed by atoms with E-state index < -0.39 is 11.7 Å². The van der Waals surface area contributed by atoms with Crippen LogP contribution in [0.5, 0.6) is 0 Å². The normalized spacial score (nSPS) is 12.1. The van der Waals surface area contributed by atoms with Crippen molar-refractivity contribution in [2.45, 2.75) is 26.4 Å². The van der Waals surface area contributed by atoms with Crippen LogP contribution in [0.15, 0.2) is 53.0 Å². The molecule has 3 aromatic rings. The van der Waals surface area contributed by atoms with Gasteiger partial charge in [0, 0.05) is 17.3 Å². The first-order valence-corrected chi connectivity index (χ1v) is 7.97. The molecule has 0 spiro atoms. The predicted octanol–water partition coefficient (Wildman–Crippen LogP) is 5.12. The van der Waals surface area contributed by atoms with E-state index in [2.05, 4.69) is 17.4 Å². The standard InChI is InChI=1S/C20H21NO3/c1-20(2,3)24-19(22)21-12-6-7-14-10-11-18-16(13-14)15-8-4-5-9-17(15)23-18/h4-11,13H,12H2,1-3H3,(H,21,22). The van der Waals surface area contributed by atoms with Crippen molar-refractivity contribution in [1.82, 2.24) is 5.32 Å². The second-order valence-electron chi connectivity index (χ2n) is 6.64. The molecule has 0 radical (unpaired) electrons. The Morgan fingerprint density at radius 1 is 1.12 bits per heavy atom. The van der Waals surface area contributed by atoms with Gasteiger partial charge in [-0.25, -0.2) is 4.79 Å². The fourth-order valence-electron chi connectivity index (χ4n) is 2.50. The van der Waals surface area contributed by atoms with Crippen molar-refractivity contribution < 1.29 is 13.9 Å². The molecule has 4 nitrogen and oxygen atoms in total. The molecule has 3 rings (SSSR count). The van der Waals surface area contributed by atoms with Crippen molar-refractivity contribution in [1.29, 1.82) is 0 Å². The smallest absolute Gasteiger partial charge is 0.407 e. The molecule has 1 aromatic heterocycles. The number of ether oxygens (including phenoxy) is 1. The summed E-state index contributed by atoms with van der Waals surface area (Å²) in [7, 11) is 0. The number of carbonyl (C=O) groups excluding carboxylic acids is 1. The summed E-state index contributed by atoms with van der Waals surface area (Å²) in [5.74, 6) is 0. The first kappa shape index (κ1) is 16.1. The monoisotopic (exact) mass is 323 g/mol. The van der Waals surface area contributed by atoms with E-state index in [4.69, 9.17) is 9.15 Å². The van der Waals surface area contributed by atoms with Gasteiger partial charge in [-0.2, -0.15) is 0 Å². The third-order valence-electron chi connectivity index (χ3n) is 3.47. The van der Waals surface area contributed by atoms with Crippen LogP contribution in [0.1, 0.15) is 26.3 Å². The first-order chi connectivity index (χ1) is 11.4. The number of furan rings is 1. The summed E-state index contributed by atoms with van der Waals surface area (Å²) in [5, 5.41) is 4.90. The number of hydrogen-bond donors (Lipinski definition) is 1. The highest BCUT2D eigenvalue weighted by atomic mass is 16.6. The summed E-state index contributed by atoms with van der Waals surface area (Å²) in [6.07, 6.45) is 3.45. The fraction of sp³-hybridized carbons (Fsp3) is 0.250. The molecule has 0 unspecified atom stereocenters. The van der Waals surface area contributed by atoms with Crippen LogP contribution in [0.25, 0.3) is 28.0 Å². The Morgan fingerprint density at radius 2 is 1.88 bits per heavy atom. The van der Waals surface area contributed by atoms with Crippen LogP contribution in [0, 0.1) is 0 Å². The summed E-state index contributed by atoms with van der Waals surface area (Å²) >= 11 is 0. The quantitative estimate of drug-likeness (QED) is 0.727. The second-order valence-corrected chi connectivity index (χ2v) is 6.64. The van der Waals surface area contributed by atoms with Crippen molar-refractivity contribution in [3.63, 3.8) is 0 Å². The number of para-hydroxylation sites is 1. The molecule has 0 aliphatic carbocycles. The van der Waals surface area contributed by atoms with Gasteiger partial charge in [-0.1, -0.05) is 36.4 Å². The topological polar surface area (TPSA) is 51.5 Å². The Morgan fingerprint density at radius 3 is 2.67 bits per heavy atom. The van der Waals surface area contributed by atoms with Crippen LogP contribution in [0.2, 0.25) is 0 Å². The van der Waals surface area contributed by atoms with E-state index in [1.165, 1.54) is 0 Å². The minimum atomic E-state index is -0.485. The molecular formula is C20H21NO3. The SMILES string of the molecule is CC(C)(C)OC(=O)NCC=Cc1ccc2oc3ccccc3c2c1. The summed E-state index contributed by atoms with van der Waals surface area (Å²) in [4.78, 5) is 11.6. The van der Waals surface area contributed by atoms with E-state index in [-0.39, 0.29) is 0 Å². The number of amides is 1. The molecule has 2 aromatic carbocycles.